The maximum absolute atomic E-state index is 12.4. The van der Waals surface area contributed by atoms with Gasteiger partial charge in [0.05, 0.1) is 17.7 Å². The van der Waals surface area contributed by atoms with Gasteiger partial charge in [0.15, 0.2) is 5.75 Å². The Morgan fingerprint density at radius 1 is 1.27 bits per heavy atom. The highest BCUT2D eigenvalue weighted by Crippen LogP contribution is 2.31. The molecule has 0 radical (unpaired) electrons. The number of aliphatic hydroxyl groups excluding tert-OH is 1. The lowest BCUT2D eigenvalue weighted by atomic mass is 9.98. The Labute approximate surface area is 130 Å². The summed E-state index contributed by atoms with van der Waals surface area (Å²) in [7, 11) is 0. The molecule has 1 amide bonds. The van der Waals surface area contributed by atoms with E-state index in [1.165, 1.54) is 0 Å². The first kappa shape index (κ1) is 16.2. The Morgan fingerprint density at radius 2 is 2.00 bits per heavy atom. The molecule has 2 aromatic rings. The molecule has 0 saturated heterocycles. The molecule has 5 heteroatoms. The largest absolute Gasteiger partial charge is 0.505 e. The number of nitrogens with zero attached hydrogens (tertiary/aromatic N) is 1. The van der Waals surface area contributed by atoms with Crippen molar-refractivity contribution < 1.29 is 15.0 Å². The third kappa shape index (κ3) is 2.76. The number of amides is 1. The number of fused-ring (bicyclic) bond motifs is 1. The molecular weight excluding hydrogens is 280 g/mol. The molecule has 3 rings (SSSR count). The highest BCUT2D eigenvalue weighted by atomic mass is 16.3. The molecule has 22 heavy (non-hydrogen) atoms. The molecule has 5 nitrogen and oxygen atoms in total. The molecule has 3 N–H and O–H groups in total. The van der Waals surface area contributed by atoms with Crippen LogP contribution in [0.15, 0.2) is 30.5 Å². The summed E-state index contributed by atoms with van der Waals surface area (Å²) in [5, 5.41) is 23.5. The molecule has 1 heterocycles. The fourth-order valence-corrected chi connectivity index (χ4v) is 3.00. The number of pyridine rings is 1. The quantitative estimate of drug-likeness (QED) is 0.814. The minimum atomic E-state index is -0.553. The van der Waals surface area contributed by atoms with Crippen LogP contribution in [0.5, 0.6) is 5.75 Å². The van der Waals surface area contributed by atoms with Gasteiger partial charge in [-0.15, -0.1) is 0 Å². The topological polar surface area (TPSA) is 82.5 Å². The molecular formula is C17H22N2O3. The normalized spacial score (nSPS) is 16.2. The second kappa shape index (κ2) is 6.32. The Kier molecular flexibility index (Phi) is 4.66. The summed E-state index contributed by atoms with van der Waals surface area (Å²) in [5.74, 6) is -0.479. The van der Waals surface area contributed by atoms with Crippen molar-refractivity contribution in [2.24, 2.45) is 0 Å². The molecule has 0 atom stereocenters. The molecule has 1 saturated carbocycles. The van der Waals surface area contributed by atoms with Crippen LogP contribution in [0.2, 0.25) is 0 Å². The van der Waals surface area contributed by atoms with Crippen molar-refractivity contribution in [3.8, 4) is 5.75 Å². The van der Waals surface area contributed by atoms with E-state index in [0.29, 0.717) is 5.52 Å². The van der Waals surface area contributed by atoms with Crippen LogP contribution in [0.4, 0.5) is 0 Å². The van der Waals surface area contributed by atoms with Gasteiger partial charge >= 0.3 is 0 Å². The Balaban J connectivity index is 0.00000176. The van der Waals surface area contributed by atoms with Gasteiger partial charge in [-0.3, -0.25) is 9.78 Å². The number of phenolic OH excluding ortho intramolecular Hbond substituents is 1. The number of rotatable bonds is 3. The third-order valence-corrected chi connectivity index (χ3v) is 4.23. The number of aromatic hydroxyl groups is 1. The van der Waals surface area contributed by atoms with E-state index >= 15 is 0 Å². The summed E-state index contributed by atoms with van der Waals surface area (Å²) in [6, 6.07) is 6.96. The number of phenols is 1. The van der Waals surface area contributed by atoms with E-state index in [1.54, 1.807) is 24.4 Å². The molecule has 118 valence electrons. The van der Waals surface area contributed by atoms with Crippen molar-refractivity contribution in [1.29, 1.82) is 0 Å². The van der Waals surface area contributed by atoms with Crippen molar-refractivity contribution in [3.63, 3.8) is 0 Å². The third-order valence-electron chi connectivity index (χ3n) is 4.23. The zero-order valence-corrected chi connectivity index (χ0v) is 11.7. The van der Waals surface area contributed by atoms with Gasteiger partial charge < -0.3 is 15.5 Å². The predicted molar refractivity (Wildman–Crippen MR) is 85.9 cm³/mol. The van der Waals surface area contributed by atoms with Gasteiger partial charge in [-0.25, -0.2) is 0 Å². The number of carbonyl (C=O) groups excluding carboxylic acids is 1. The smallest absolute Gasteiger partial charge is 0.255 e. The monoisotopic (exact) mass is 302 g/mol. The van der Waals surface area contributed by atoms with Crippen LogP contribution in [0, 0.1) is 0 Å². The number of hydrogen-bond donors (Lipinski definition) is 3. The fraction of sp³-hybridized carbons (Fsp3) is 0.412. The molecule has 1 aromatic carbocycles. The van der Waals surface area contributed by atoms with E-state index in [1.807, 2.05) is 6.07 Å². The molecule has 1 aromatic heterocycles. The molecule has 0 spiro atoms. The fourth-order valence-electron chi connectivity index (χ4n) is 3.00. The van der Waals surface area contributed by atoms with Gasteiger partial charge in [0.2, 0.25) is 0 Å². The molecule has 1 aliphatic carbocycles. The zero-order chi connectivity index (χ0) is 14.9. The SMILES string of the molecule is C.O=C(NC1(CO)CCCC1)c1ccc2cccnc2c1O. The number of benzene rings is 1. The average Bonchev–Trinajstić information content (AvgIpc) is 2.97. The molecule has 0 aliphatic heterocycles. The summed E-state index contributed by atoms with van der Waals surface area (Å²) >= 11 is 0. The lowest BCUT2D eigenvalue weighted by Crippen LogP contribution is -2.49. The number of carbonyl (C=O) groups is 1. The Bertz CT molecular complexity index is 679. The standard InChI is InChI=1S/C16H18N2O3.CH4/c19-10-16(7-1-2-8-16)18-15(21)12-6-5-11-4-3-9-17-13(11)14(12)20;/h3-6,9,19-20H,1-2,7-8,10H2,(H,18,21);1H4. The first-order valence-electron chi connectivity index (χ1n) is 7.15. The lowest BCUT2D eigenvalue weighted by Gasteiger charge is -2.28. The minimum Gasteiger partial charge on any atom is -0.505 e. The molecule has 1 aliphatic rings. The van der Waals surface area contributed by atoms with Crippen molar-refractivity contribution in [1.82, 2.24) is 10.3 Å². The van der Waals surface area contributed by atoms with E-state index in [4.69, 9.17) is 0 Å². The molecule has 0 unspecified atom stereocenters. The number of aromatic nitrogens is 1. The van der Waals surface area contributed by atoms with Crippen LogP contribution < -0.4 is 5.32 Å². The second-order valence-corrected chi connectivity index (χ2v) is 5.64. The van der Waals surface area contributed by atoms with Crippen molar-refractivity contribution >= 4 is 16.8 Å². The summed E-state index contributed by atoms with van der Waals surface area (Å²) < 4.78 is 0. The zero-order valence-electron chi connectivity index (χ0n) is 11.7. The summed E-state index contributed by atoms with van der Waals surface area (Å²) in [6.07, 6.45) is 5.10. The summed E-state index contributed by atoms with van der Waals surface area (Å²) in [6.45, 7) is -0.0780. The van der Waals surface area contributed by atoms with Crippen molar-refractivity contribution in [2.45, 2.75) is 38.6 Å². The minimum absolute atomic E-state index is 0. The summed E-state index contributed by atoms with van der Waals surface area (Å²) in [5.41, 5.74) is 0.0540. The Morgan fingerprint density at radius 3 is 2.68 bits per heavy atom. The lowest BCUT2D eigenvalue weighted by molar-refractivity contribution is 0.0836. The second-order valence-electron chi connectivity index (χ2n) is 5.64. The van der Waals surface area contributed by atoms with Crippen molar-refractivity contribution in [2.75, 3.05) is 6.61 Å². The van der Waals surface area contributed by atoms with Crippen molar-refractivity contribution in [3.05, 3.63) is 36.0 Å². The van der Waals surface area contributed by atoms with Crippen LogP contribution in [-0.2, 0) is 0 Å². The average molecular weight is 302 g/mol. The van der Waals surface area contributed by atoms with E-state index < -0.39 is 5.54 Å². The molecule has 1 fully saturated rings. The van der Waals surface area contributed by atoms with Crippen LogP contribution in [0.3, 0.4) is 0 Å². The van der Waals surface area contributed by atoms with Gasteiger partial charge in [-0.2, -0.15) is 0 Å². The first-order valence-corrected chi connectivity index (χ1v) is 7.15. The highest BCUT2D eigenvalue weighted by molar-refractivity contribution is 6.02. The van der Waals surface area contributed by atoms with E-state index in [-0.39, 0.29) is 31.3 Å². The van der Waals surface area contributed by atoms with Gasteiger partial charge in [0.1, 0.15) is 5.52 Å². The van der Waals surface area contributed by atoms with Gasteiger partial charge in [-0.05, 0) is 25.0 Å². The van der Waals surface area contributed by atoms with Gasteiger partial charge in [0, 0.05) is 11.6 Å². The maximum Gasteiger partial charge on any atom is 0.255 e. The summed E-state index contributed by atoms with van der Waals surface area (Å²) in [4.78, 5) is 16.5. The number of aliphatic hydroxyl groups is 1. The van der Waals surface area contributed by atoms with E-state index in [2.05, 4.69) is 10.3 Å². The predicted octanol–water partition coefficient (Wildman–Crippen LogP) is 2.61. The van der Waals surface area contributed by atoms with E-state index in [9.17, 15) is 15.0 Å². The van der Waals surface area contributed by atoms with Crippen LogP contribution >= 0.6 is 0 Å². The molecule has 0 bridgehead atoms. The Hall–Kier alpha value is -2.14. The maximum atomic E-state index is 12.4. The van der Waals surface area contributed by atoms with Gasteiger partial charge in [-0.1, -0.05) is 32.4 Å². The van der Waals surface area contributed by atoms with Gasteiger partial charge in [0.25, 0.3) is 5.91 Å². The first-order chi connectivity index (χ1) is 10.2. The van der Waals surface area contributed by atoms with E-state index in [0.717, 1.165) is 31.1 Å². The number of nitrogens with one attached hydrogen (secondary N) is 1. The highest BCUT2D eigenvalue weighted by Gasteiger charge is 2.35. The van der Waals surface area contributed by atoms with Crippen LogP contribution in [0.25, 0.3) is 10.9 Å². The van der Waals surface area contributed by atoms with Crippen LogP contribution in [0.1, 0.15) is 43.5 Å². The van der Waals surface area contributed by atoms with Crippen LogP contribution in [-0.4, -0.2) is 33.3 Å². The number of hydrogen-bond acceptors (Lipinski definition) is 4.